The van der Waals surface area contributed by atoms with E-state index < -0.39 is 0 Å². The van der Waals surface area contributed by atoms with Crippen molar-refractivity contribution < 1.29 is 9.47 Å². The molecule has 1 aliphatic carbocycles. The van der Waals surface area contributed by atoms with Gasteiger partial charge in [0.05, 0.1) is 19.9 Å². The number of rotatable bonds is 6. The summed E-state index contributed by atoms with van der Waals surface area (Å²) in [6, 6.07) is 1.79. The van der Waals surface area contributed by atoms with Crippen LogP contribution in [-0.2, 0) is 6.54 Å². The van der Waals surface area contributed by atoms with Crippen LogP contribution in [-0.4, -0.2) is 30.6 Å². The van der Waals surface area contributed by atoms with Crippen LogP contribution in [0.15, 0.2) is 12.3 Å². The van der Waals surface area contributed by atoms with Gasteiger partial charge in [-0.1, -0.05) is 0 Å². The summed E-state index contributed by atoms with van der Waals surface area (Å²) < 4.78 is 10.6. The van der Waals surface area contributed by atoms with Crippen LogP contribution in [0.5, 0.6) is 11.5 Å². The second kappa shape index (κ2) is 5.10. The highest BCUT2D eigenvalue weighted by Crippen LogP contribution is 2.37. The van der Waals surface area contributed by atoms with E-state index in [4.69, 9.17) is 21.1 Å². The molecule has 1 saturated carbocycles. The van der Waals surface area contributed by atoms with Crippen molar-refractivity contribution in [1.82, 2.24) is 10.3 Å². The van der Waals surface area contributed by atoms with Crippen LogP contribution in [0, 0.1) is 0 Å². The summed E-state index contributed by atoms with van der Waals surface area (Å²) in [5.74, 6) is 2.03. The number of pyridine rings is 1. The molecule has 4 nitrogen and oxygen atoms in total. The van der Waals surface area contributed by atoms with Crippen LogP contribution < -0.4 is 14.8 Å². The first kappa shape index (κ1) is 12.5. The van der Waals surface area contributed by atoms with Gasteiger partial charge in [-0.15, -0.1) is 11.6 Å². The van der Waals surface area contributed by atoms with Crippen LogP contribution in [0.3, 0.4) is 0 Å². The maximum absolute atomic E-state index is 5.92. The Balaban J connectivity index is 2.09. The smallest absolute Gasteiger partial charge is 0.183 e. The Labute approximate surface area is 106 Å². The van der Waals surface area contributed by atoms with Gasteiger partial charge in [-0.05, 0) is 12.8 Å². The number of hydrogen-bond donors (Lipinski definition) is 1. The van der Waals surface area contributed by atoms with Gasteiger partial charge in [-0.25, -0.2) is 0 Å². The minimum absolute atomic E-state index is 0.108. The van der Waals surface area contributed by atoms with Gasteiger partial charge < -0.3 is 14.8 Å². The maximum Gasteiger partial charge on any atom is 0.183 e. The SMILES string of the molecule is COc1ccnc(CNC2(CCl)CC2)c1OC. The van der Waals surface area contributed by atoms with Gasteiger partial charge in [0.2, 0.25) is 0 Å². The maximum atomic E-state index is 5.92. The third kappa shape index (κ3) is 2.64. The van der Waals surface area contributed by atoms with E-state index in [9.17, 15) is 0 Å². The Bertz CT molecular complexity index is 394. The minimum atomic E-state index is 0.108. The first-order valence-electron chi connectivity index (χ1n) is 5.61. The Hall–Kier alpha value is -1.00. The van der Waals surface area contributed by atoms with Crippen molar-refractivity contribution in [2.24, 2.45) is 0 Å². The molecule has 1 fully saturated rings. The van der Waals surface area contributed by atoms with E-state index in [2.05, 4.69) is 10.3 Å². The molecule has 0 radical (unpaired) electrons. The standard InChI is InChI=1S/C12H17ClN2O2/c1-16-10-3-6-14-9(11(10)17-2)7-15-12(8-13)4-5-12/h3,6,15H,4-5,7-8H2,1-2H3. The van der Waals surface area contributed by atoms with E-state index >= 15 is 0 Å². The van der Waals surface area contributed by atoms with E-state index in [1.807, 2.05) is 0 Å². The van der Waals surface area contributed by atoms with Crippen LogP contribution in [0.25, 0.3) is 0 Å². The summed E-state index contributed by atoms with van der Waals surface area (Å²) in [7, 11) is 3.24. The quantitative estimate of drug-likeness (QED) is 0.791. The highest BCUT2D eigenvalue weighted by Gasteiger charge is 2.41. The molecular formula is C12H17ClN2O2. The zero-order valence-corrected chi connectivity index (χ0v) is 10.9. The second-order valence-electron chi connectivity index (χ2n) is 4.26. The summed E-state index contributed by atoms with van der Waals surface area (Å²) in [6.07, 6.45) is 3.98. The Morgan fingerprint density at radius 1 is 1.41 bits per heavy atom. The second-order valence-corrected chi connectivity index (χ2v) is 4.53. The number of hydrogen-bond acceptors (Lipinski definition) is 4. The molecule has 0 atom stereocenters. The lowest BCUT2D eigenvalue weighted by Gasteiger charge is -2.16. The van der Waals surface area contributed by atoms with Crippen LogP contribution >= 0.6 is 11.6 Å². The predicted octanol–water partition coefficient (Wildman–Crippen LogP) is 1.96. The van der Waals surface area contributed by atoms with Crippen LogP contribution in [0.2, 0.25) is 0 Å². The van der Waals surface area contributed by atoms with Crippen molar-refractivity contribution >= 4 is 11.6 Å². The molecule has 0 aromatic carbocycles. The van der Waals surface area contributed by atoms with Crippen molar-refractivity contribution in [2.45, 2.75) is 24.9 Å². The van der Waals surface area contributed by atoms with Gasteiger partial charge >= 0.3 is 0 Å². The van der Waals surface area contributed by atoms with Gasteiger partial charge in [0.25, 0.3) is 0 Å². The van der Waals surface area contributed by atoms with Gasteiger partial charge in [0, 0.05) is 30.2 Å². The largest absolute Gasteiger partial charge is 0.493 e. The third-order valence-corrected chi connectivity index (χ3v) is 3.62. The molecule has 0 saturated heterocycles. The first-order chi connectivity index (χ1) is 8.24. The highest BCUT2D eigenvalue weighted by atomic mass is 35.5. The molecule has 1 aliphatic rings. The van der Waals surface area contributed by atoms with Crippen molar-refractivity contribution in [2.75, 3.05) is 20.1 Å². The van der Waals surface area contributed by atoms with Gasteiger partial charge in [-0.3, -0.25) is 4.98 Å². The summed E-state index contributed by atoms with van der Waals surface area (Å²) in [5, 5.41) is 3.43. The molecule has 17 heavy (non-hydrogen) atoms. The van der Waals surface area contributed by atoms with Gasteiger partial charge in [0.1, 0.15) is 0 Å². The summed E-state index contributed by atoms with van der Waals surface area (Å²) in [5.41, 5.74) is 0.959. The molecule has 5 heteroatoms. The molecule has 2 rings (SSSR count). The fourth-order valence-corrected chi connectivity index (χ4v) is 2.12. The first-order valence-corrected chi connectivity index (χ1v) is 6.15. The molecule has 0 bridgehead atoms. The average Bonchev–Trinajstić information content (AvgIpc) is 3.16. The van der Waals surface area contributed by atoms with Crippen LogP contribution in [0.1, 0.15) is 18.5 Å². The molecule has 0 amide bonds. The molecule has 94 valence electrons. The van der Waals surface area contributed by atoms with Gasteiger partial charge in [0.15, 0.2) is 11.5 Å². The van der Waals surface area contributed by atoms with Crippen molar-refractivity contribution in [1.29, 1.82) is 0 Å². The van der Waals surface area contributed by atoms with E-state index in [1.54, 1.807) is 26.5 Å². The lowest BCUT2D eigenvalue weighted by atomic mass is 10.2. The molecule has 1 N–H and O–H groups in total. The van der Waals surface area contributed by atoms with E-state index in [-0.39, 0.29) is 5.54 Å². The molecule has 1 aromatic rings. The zero-order chi connectivity index (χ0) is 12.3. The van der Waals surface area contributed by atoms with Crippen molar-refractivity contribution in [3.63, 3.8) is 0 Å². The number of alkyl halides is 1. The minimum Gasteiger partial charge on any atom is -0.493 e. The van der Waals surface area contributed by atoms with E-state index in [0.717, 1.165) is 18.5 Å². The Morgan fingerprint density at radius 2 is 2.18 bits per heavy atom. The molecule has 1 aromatic heterocycles. The lowest BCUT2D eigenvalue weighted by molar-refractivity contribution is 0.347. The van der Waals surface area contributed by atoms with E-state index in [1.165, 1.54) is 0 Å². The van der Waals surface area contributed by atoms with Crippen LogP contribution in [0.4, 0.5) is 0 Å². The molecular weight excluding hydrogens is 240 g/mol. The number of nitrogens with zero attached hydrogens (tertiary/aromatic N) is 1. The number of nitrogens with one attached hydrogen (secondary N) is 1. The van der Waals surface area contributed by atoms with E-state index in [0.29, 0.717) is 23.9 Å². The molecule has 1 heterocycles. The van der Waals surface area contributed by atoms with Gasteiger partial charge in [-0.2, -0.15) is 0 Å². The summed E-state index contributed by atoms with van der Waals surface area (Å²) in [4.78, 5) is 4.31. The zero-order valence-electron chi connectivity index (χ0n) is 10.1. The molecule has 0 spiro atoms. The summed E-state index contributed by atoms with van der Waals surface area (Å²) in [6.45, 7) is 0.646. The third-order valence-electron chi connectivity index (χ3n) is 3.11. The number of aromatic nitrogens is 1. The normalized spacial score (nSPS) is 16.6. The fourth-order valence-electron chi connectivity index (χ4n) is 1.76. The van der Waals surface area contributed by atoms with Crippen molar-refractivity contribution in [3.05, 3.63) is 18.0 Å². The monoisotopic (exact) mass is 256 g/mol. The number of ether oxygens (including phenoxy) is 2. The predicted molar refractivity (Wildman–Crippen MR) is 66.9 cm³/mol. The highest BCUT2D eigenvalue weighted by molar-refractivity contribution is 6.18. The number of methoxy groups -OCH3 is 2. The topological polar surface area (TPSA) is 43.4 Å². The Kier molecular flexibility index (Phi) is 3.74. The Morgan fingerprint density at radius 3 is 2.71 bits per heavy atom. The molecule has 0 aliphatic heterocycles. The lowest BCUT2D eigenvalue weighted by Crippen LogP contribution is -2.32. The average molecular weight is 257 g/mol. The van der Waals surface area contributed by atoms with Crippen molar-refractivity contribution in [3.8, 4) is 11.5 Å². The summed E-state index contributed by atoms with van der Waals surface area (Å²) >= 11 is 5.92. The number of halogens is 1. The fraction of sp³-hybridized carbons (Fsp3) is 0.583. The molecule has 0 unspecified atom stereocenters.